The largest absolute Gasteiger partial charge is 0.390 e. The van der Waals surface area contributed by atoms with E-state index in [0.717, 1.165) is 12.8 Å². The molecule has 0 aromatic heterocycles. The van der Waals surface area contributed by atoms with Crippen LogP contribution in [0.5, 0.6) is 0 Å². The highest BCUT2D eigenvalue weighted by molar-refractivity contribution is 5.76. The first-order valence-corrected chi connectivity index (χ1v) is 4.89. The second-order valence-corrected chi connectivity index (χ2v) is 3.65. The van der Waals surface area contributed by atoms with Crippen LogP contribution in [-0.4, -0.2) is 37.0 Å². The molecule has 0 radical (unpaired) electrons. The molecule has 0 aliphatic heterocycles. The van der Waals surface area contributed by atoms with E-state index in [0.29, 0.717) is 13.0 Å². The Balaban J connectivity index is 3.41. The Morgan fingerprint density at radius 3 is 2.33 bits per heavy atom. The molecule has 0 atom stereocenters. The first-order valence-electron chi connectivity index (χ1n) is 4.89. The number of hydrogen-bond donors (Lipinski definition) is 2. The van der Waals surface area contributed by atoms with Crippen LogP contribution >= 0.6 is 0 Å². The van der Waals surface area contributed by atoms with E-state index >= 15 is 0 Å². The summed E-state index contributed by atoms with van der Waals surface area (Å²) < 4.78 is 35.5. The summed E-state index contributed by atoms with van der Waals surface area (Å²) in [6.45, 7) is 0.646. The lowest BCUT2D eigenvalue weighted by Gasteiger charge is -2.17. The lowest BCUT2D eigenvalue weighted by Crippen LogP contribution is -2.25. The van der Waals surface area contributed by atoms with Crippen LogP contribution in [0.15, 0.2) is 0 Å². The van der Waals surface area contributed by atoms with E-state index in [1.54, 1.807) is 11.9 Å². The Kier molecular flexibility index (Phi) is 6.31. The molecule has 90 valence electrons. The molecule has 0 unspecified atom stereocenters. The van der Waals surface area contributed by atoms with Gasteiger partial charge in [0, 0.05) is 13.0 Å². The molecule has 0 aliphatic rings. The van der Waals surface area contributed by atoms with Crippen molar-refractivity contribution in [1.82, 2.24) is 4.90 Å². The summed E-state index contributed by atoms with van der Waals surface area (Å²) in [5.74, 6) is 0.132. The summed E-state index contributed by atoms with van der Waals surface area (Å²) in [5.41, 5.74) is 5.15. The van der Waals surface area contributed by atoms with Crippen molar-refractivity contribution in [3.8, 4) is 0 Å². The first-order chi connectivity index (χ1) is 6.81. The third-order valence-corrected chi connectivity index (χ3v) is 2.01. The molecule has 15 heavy (non-hydrogen) atoms. The van der Waals surface area contributed by atoms with Gasteiger partial charge in [0.25, 0.3) is 0 Å². The third-order valence-electron chi connectivity index (χ3n) is 2.01. The summed E-state index contributed by atoms with van der Waals surface area (Å²) in [6, 6.07) is 0. The van der Waals surface area contributed by atoms with Crippen LogP contribution in [-0.2, 0) is 0 Å². The molecular formula is C9H18F3N3. The highest BCUT2D eigenvalue weighted by atomic mass is 19.4. The monoisotopic (exact) mass is 225 g/mol. The molecule has 0 fully saturated rings. The van der Waals surface area contributed by atoms with E-state index in [9.17, 15) is 13.2 Å². The summed E-state index contributed by atoms with van der Waals surface area (Å²) in [5, 5.41) is 6.96. The molecule has 0 aromatic rings. The number of nitrogens with two attached hydrogens (primary N) is 1. The minimum atomic E-state index is -4.08. The van der Waals surface area contributed by atoms with Crippen molar-refractivity contribution in [3.63, 3.8) is 0 Å². The van der Waals surface area contributed by atoms with Crippen LogP contribution in [0, 0.1) is 5.41 Å². The number of amidine groups is 1. The van der Waals surface area contributed by atoms with Gasteiger partial charge in [-0.15, -0.1) is 0 Å². The van der Waals surface area contributed by atoms with Crippen molar-refractivity contribution in [3.05, 3.63) is 0 Å². The number of hydrogen-bond acceptors (Lipinski definition) is 2. The molecule has 0 bridgehead atoms. The number of unbranched alkanes of at least 4 members (excludes halogenated alkanes) is 1. The molecule has 0 rings (SSSR count). The van der Waals surface area contributed by atoms with Gasteiger partial charge >= 0.3 is 6.18 Å². The van der Waals surface area contributed by atoms with Crippen molar-refractivity contribution < 1.29 is 13.2 Å². The Bertz CT molecular complexity index is 192. The number of rotatable bonds is 7. The van der Waals surface area contributed by atoms with Crippen LogP contribution in [0.4, 0.5) is 13.2 Å². The van der Waals surface area contributed by atoms with Gasteiger partial charge in [-0.2, -0.15) is 13.2 Å². The maximum Gasteiger partial charge on any atom is 0.390 e. The molecule has 0 aromatic carbocycles. The minimum Gasteiger partial charge on any atom is -0.388 e. The standard InChI is InChI=1S/C9H18F3N3/c1-15(7-5-9(10,11)12)6-3-2-4-8(13)14/h2-7H2,1H3,(H3,13,14). The van der Waals surface area contributed by atoms with E-state index in [1.165, 1.54) is 0 Å². The van der Waals surface area contributed by atoms with Gasteiger partial charge in [-0.25, -0.2) is 0 Å². The lowest BCUT2D eigenvalue weighted by atomic mass is 10.2. The minimum absolute atomic E-state index is 0.0313. The van der Waals surface area contributed by atoms with Crippen LogP contribution in [0.25, 0.3) is 0 Å². The van der Waals surface area contributed by atoms with E-state index in [1.807, 2.05) is 0 Å². The quantitative estimate of drug-likeness (QED) is 0.395. The Hall–Kier alpha value is -0.780. The number of nitrogens with zero attached hydrogens (tertiary/aromatic N) is 1. The highest BCUT2D eigenvalue weighted by Crippen LogP contribution is 2.19. The average Bonchev–Trinajstić information content (AvgIpc) is 2.07. The fraction of sp³-hybridized carbons (Fsp3) is 0.889. The Morgan fingerprint density at radius 2 is 1.87 bits per heavy atom. The van der Waals surface area contributed by atoms with Gasteiger partial charge in [-0.1, -0.05) is 0 Å². The number of nitrogens with one attached hydrogen (secondary N) is 1. The molecule has 0 aliphatic carbocycles. The molecule has 0 amide bonds. The molecular weight excluding hydrogens is 207 g/mol. The molecule has 0 heterocycles. The fourth-order valence-corrected chi connectivity index (χ4v) is 1.13. The predicted octanol–water partition coefficient (Wildman–Crippen LogP) is 1.98. The van der Waals surface area contributed by atoms with Crippen LogP contribution < -0.4 is 5.73 Å². The molecule has 0 spiro atoms. The topological polar surface area (TPSA) is 53.1 Å². The Morgan fingerprint density at radius 1 is 1.27 bits per heavy atom. The van der Waals surface area contributed by atoms with Crippen molar-refractivity contribution in [1.29, 1.82) is 5.41 Å². The third kappa shape index (κ3) is 11.1. The average molecular weight is 225 g/mol. The van der Waals surface area contributed by atoms with Gasteiger partial charge in [0.1, 0.15) is 0 Å². The van der Waals surface area contributed by atoms with E-state index < -0.39 is 12.6 Å². The van der Waals surface area contributed by atoms with Gasteiger partial charge in [0.05, 0.1) is 12.3 Å². The lowest BCUT2D eigenvalue weighted by molar-refractivity contribution is -0.137. The number of alkyl halides is 3. The van der Waals surface area contributed by atoms with Gasteiger partial charge in [-0.3, -0.25) is 5.41 Å². The van der Waals surface area contributed by atoms with Crippen molar-refractivity contribution in [2.24, 2.45) is 5.73 Å². The van der Waals surface area contributed by atoms with Gasteiger partial charge in [0.15, 0.2) is 0 Å². The second kappa shape index (κ2) is 6.66. The predicted molar refractivity (Wildman–Crippen MR) is 53.9 cm³/mol. The van der Waals surface area contributed by atoms with Crippen molar-refractivity contribution in [2.45, 2.75) is 31.9 Å². The fourth-order valence-electron chi connectivity index (χ4n) is 1.13. The van der Waals surface area contributed by atoms with Gasteiger partial charge in [0.2, 0.25) is 0 Å². The second-order valence-electron chi connectivity index (χ2n) is 3.65. The van der Waals surface area contributed by atoms with Crippen molar-refractivity contribution in [2.75, 3.05) is 20.1 Å². The van der Waals surface area contributed by atoms with Crippen molar-refractivity contribution >= 4 is 5.84 Å². The first kappa shape index (κ1) is 14.2. The van der Waals surface area contributed by atoms with Crippen LogP contribution in [0.1, 0.15) is 25.7 Å². The summed E-state index contributed by atoms with van der Waals surface area (Å²) in [6.07, 6.45) is -2.80. The molecule has 3 nitrogen and oxygen atoms in total. The number of halogens is 3. The molecule has 0 saturated heterocycles. The van der Waals surface area contributed by atoms with E-state index in [4.69, 9.17) is 11.1 Å². The van der Waals surface area contributed by atoms with E-state index in [2.05, 4.69) is 0 Å². The Labute approximate surface area is 87.9 Å². The van der Waals surface area contributed by atoms with Gasteiger partial charge in [-0.05, 0) is 26.4 Å². The van der Waals surface area contributed by atoms with E-state index in [-0.39, 0.29) is 12.4 Å². The van der Waals surface area contributed by atoms with Crippen LogP contribution in [0.3, 0.4) is 0 Å². The summed E-state index contributed by atoms with van der Waals surface area (Å²) in [4.78, 5) is 1.65. The normalized spacial score (nSPS) is 12.1. The van der Waals surface area contributed by atoms with Crippen LogP contribution in [0.2, 0.25) is 0 Å². The SMILES string of the molecule is CN(CCCCC(=N)N)CCC(F)(F)F. The highest BCUT2D eigenvalue weighted by Gasteiger charge is 2.26. The zero-order valence-corrected chi connectivity index (χ0v) is 8.90. The maximum atomic E-state index is 11.8. The van der Waals surface area contributed by atoms with Gasteiger partial charge < -0.3 is 10.6 Å². The maximum absolute atomic E-state index is 11.8. The summed E-state index contributed by atoms with van der Waals surface area (Å²) in [7, 11) is 1.67. The molecule has 6 heteroatoms. The molecule has 3 N–H and O–H groups in total. The molecule has 0 saturated carbocycles. The zero-order chi connectivity index (χ0) is 11.9. The zero-order valence-electron chi connectivity index (χ0n) is 8.90. The smallest absolute Gasteiger partial charge is 0.388 e. The summed E-state index contributed by atoms with van der Waals surface area (Å²) >= 11 is 0.